The molecule has 0 saturated carbocycles. The van der Waals surface area contributed by atoms with Crippen molar-refractivity contribution in [1.29, 1.82) is 21.0 Å². The molecule has 0 amide bonds. The lowest BCUT2D eigenvalue weighted by Crippen LogP contribution is -2.11. The van der Waals surface area contributed by atoms with E-state index in [1.54, 1.807) is 207 Å². The Morgan fingerprint density at radius 2 is 0.568 bits per heavy atom. The molecule has 0 saturated heterocycles. The van der Waals surface area contributed by atoms with Gasteiger partial charge in [-0.05, 0) is 236 Å². The first-order chi connectivity index (χ1) is 71.0. The molecule has 38 nitrogen and oxygen atoms in total. The Morgan fingerprint density at radius 1 is 0.318 bits per heavy atom. The van der Waals surface area contributed by atoms with E-state index in [1.807, 2.05) is 43.3 Å². The van der Waals surface area contributed by atoms with Crippen LogP contribution in [0, 0.1) is 123 Å². The van der Waals surface area contributed by atoms with Gasteiger partial charge in [0, 0.05) is 28.4 Å². The summed E-state index contributed by atoms with van der Waals surface area (Å²) in [5.74, 6) is -1.76. The van der Waals surface area contributed by atoms with Gasteiger partial charge in [-0.2, -0.15) is 115 Å². The van der Waals surface area contributed by atoms with Gasteiger partial charge in [-0.25, -0.2) is 29.8 Å². The lowest BCUT2D eigenvalue weighted by molar-refractivity contribution is -0.137. The summed E-state index contributed by atoms with van der Waals surface area (Å²) in [6.45, 7) is 15.0. The average molecular weight is 2000 g/mol. The topological polar surface area (TPSA) is 535 Å². The van der Waals surface area contributed by atoms with Gasteiger partial charge < -0.3 is 69.5 Å². The van der Waals surface area contributed by atoms with Crippen molar-refractivity contribution in [2.75, 3.05) is 69.5 Å². The van der Waals surface area contributed by atoms with Crippen LogP contribution in [-0.4, -0.2) is 118 Å². The average Bonchev–Trinajstić information content (AvgIpc) is 1.63. The third kappa shape index (κ3) is 21.7. The van der Waals surface area contributed by atoms with Gasteiger partial charge in [0.05, 0.1) is 128 Å². The maximum absolute atomic E-state index is 14.6. The molecule has 0 aliphatic carbocycles. The summed E-state index contributed by atoms with van der Waals surface area (Å²) < 4.78 is 158. The number of aryl methyl sites for hydroxylation is 6. The molecule has 20 aromatic rings. The van der Waals surface area contributed by atoms with E-state index in [-0.39, 0.29) is 93.5 Å². The number of aromatic nitrogens is 20. The first kappa shape index (κ1) is 100. The van der Waals surface area contributed by atoms with Crippen molar-refractivity contribution < 1.29 is 58.1 Å². The highest BCUT2D eigenvalue weighted by Gasteiger charge is 2.31. The zero-order valence-electron chi connectivity index (χ0n) is 78.4. The molecule has 0 aliphatic heterocycles. The fourth-order valence-corrected chi connectivity index (χ4v) is 14.9. The monoisotopic (exact) mass is 2000 g/mol. The Hall–Kier alpha value is -20.9. The van der Waals surface area contributed by atoms with Crippen molar-refractivity contribution in [3.8, 4) is 71.3 Å². The quantitative estimate of drug-likeness (QED) is 0.0265. The predicted octanol–water partition coefficient (Wildman–Crippen LogP) is 19.9. The molecule has 0 atom stereocenters. The highest BCUT2D eigenvalue weighted by Crippen LogP contribution is 2.37. The van der Waals surface area contributed by atoms with Gasteiger partial charge in [0.25, 0.3) is 0 Å². The smallest absolute Gasteiger partial charge is 0.416 e. The predicted molar refractivity (Wildman–Crippen MR) is 532 cm³/mol. The zero-order chi connectivity index (χ0) is 105. The van der Waals surface area contributed by atoms with E-state index in [1.165, 1.54) is 28.8 Å². The van der Waals surface area contributed by atoms with Crippen LogP contribution in [0.5, 0.6) is 17.2 Å². The van der Waals surface area contributed by atoms with Crippen LogP contribution in [0.1, 0.15) is 62.5 Å². The van der Waals surface area contributed by atoms with Crippen molar-refractivity contribution in [2.24, 2.45) is 0 Å². The zero-order valence-corrected chi connectivity index (χ0v) is 78.4. The summed E-state index contributed by atoms with van der Waals surface area (Å²) in [6, 6.07) is 64.2. The fourth-order valence-electron chi connectivity index (χ4n) is 14.9. The number of anilines is 15. The number of ether oxygens (including phenoxy) is 3. The molecule has 15 N–H and O–H groups in total. The van der Waals surface area contributed by atoms with E-state index in [9.17, 15) is 43.9 Å². The van der Waals surface area contributed by atoms with Crippen LogP contribution in [0.25, 0.3) is 89.8 Å². The lowest BCUT2D eigenvalue weighted by Gasteiger charge is -2.12. The number of imidazole rings is 5. The number of halogens is 10. The third-order valence-corrected chi connectivity index (χ3v) is 21.9. The van der Waals surface area contributed by atoms with Crippen molar-refractivity contribution in [1.82, 2.24) is 97.6 Å². The second kappa shape index (κ2) is 42.3. The molecule has 20 rings (SSSR count). The normalized spacial score (nSPS) is 10.9. The van der Waals surface area contributed by atoms with Crippen molar-refractivity contribution >= 4 is 147 Å². The van der Waals surface area contributed by atoms with Gasteiger partial charge in [-0.15, -0.1) is 0 Å². The van der Waals surface area contributed by atoms with E-state index in [0.717, 1.165) is 29.8 Å². The maximum Gasteiger partial charge on any atom is 0.416 e. The van der Waals surface area contributed by atoms with Crippen LogP contribution in [-0.2, 0) is 6.18 Å². The number of nitriles is 4. The van der Waals surface area contributed by atoms with Crippen LogP contribution in [0.4, 0.5) is 136 Å². The first-order valence-electron chi connectivity index (χ1n) is 43.5. The summed E-state index contributed by atoms with van der Waals surface area (Å²) in [5, 5.41) is 50.4. The molecule has 0 bridgehead atoms. The van der Waals surface area contributed by atoms with Gasteiger partial charge in [-0.3, -0.25) is 22.8 Å². The molecule has 738 valence electrons. The third-order valence-electron chi connectivity index (χ3n) is 21.9. The van der Waals surface area contributed by atoms with Crippen molar-refractivity contribution in [2.45, 2.75) is 54.3 Å². The number of alkyl halides is 5. The standard InChI is InChI=1S/C20H13F4N7.C20H14F3N7O.2C20H16FN7O.C20H16FN7/c1-10-27-14-8-11(9-25)2-7-15(14)31(10)19-29-17(26)16(21)18(30-19)28-13-5-3-12(4-6-13)20(22,23)24;1-10-26-14-8-11(9-24)2-7-15(14)30(10)20-28-17(25)16(21)18(29-20)27-12-3-5-13(6-4-12)31-19(22)23;1-11-24-15-9-6-13(23-2)10-16(15)28(11)20-26-18(22)17(21)19(27-20)25-12-4-7-14(29-3)8-5-12;1-11-24-15-9-12(10-22)3-8-16(15)28(11)20-26-18(23)17(21)19(27-20)25-13-4-6-14(29-2)7-5-13;1-11-3-6-14(7-4-11)25-19-17(21)18(23)26-20(27-19)28-12(2)24-15-9-13(10-22)5-8-16(15)28/h2-8H,1H3,(H3,26,28,29,30);2-8,19H,1H3,(H3,25,27,28,29);4-10H,1,3H3,(H3,22,25,26,27);3-9H,1-2H3,(H3,23,25,26,27);3-9H,1-2H3,(H3,23,25,26,27). The molecule has 0 fully saturated rings. The Labute approximate surface area is 830 Å². The van der Waals surface area contributed by atoms with Gasteiger partial charge >= 0.3 is 12.8 Å². The van der Waals surface area contributed by atoms with Gasteiger partial charge in [0.2, 0.25) is 58.8 Å². The minimum Gasteiger partial charge on any atom is -0.497 e. The number of nitrogen functional groups attached to an aromatic ring is 5. The van der Waals surface area contributed by atoms with E-state index in [2.05, 4.69) is 123 Å². The van der Waals surface area contributed by atoms with E-state index in [0.29, 0.717) is 146 Å². The second-order valence-electron chi connectivity index (χ2n) is 31.8. The van der Waals surface area contributed by atoms with E-state index < -0.39 is 53.3 Å². The van der Waals surface area contributed by atoms with Crippen LogP contribution in [0.2, 0.25) is 0 Å². The molecular weight excluding hydrogens is 1930 g/mol. The highest BCUT2D eigenvalue weighted by atomic mass is 19.4. The highest BCUT2D eigenvalue weighted by molar-refractivity contribution is 5.85. The summed E-state index contributed by atoms with van der Waals surface area (Å²) in [4.78, 5) is 67.2. The molecule has 0 radical (unpaired) electrons. The molecule has 148 heavy (non-hydrogen) atoms. The van der Waals surface area contributed by atoms with Gasteiger partial charge in [-0.1, -0.05) is 23.8 Å². The lowest BCUT2D eigenvalue weighted by atomic mass is 10.2. The Balaban J connectivity index is 0.000000132. The molecule has 0 unspecified atom stereocenters. The number of fused-ring (bicyclic) bond motifs is 5. The molecule has 10 aromatic carbocycles. The number of hydrogen-bond donors (Lipinski definition) is 10. The number of nitrogens with zero attached hydrogens (tertiary/aromatic N) is 25. The number of hydrogen-bond acceptors (Lipinski definition) is 32. The molecule has 10 heterocycles. The summed E-state index contributed by atoms with van der Waals surface area (Å²) >= 11 is 0. The van der Waals surface area contributed by atoms with Crippen LogP contribution >= 0.6 is 0 Å². The minimum absolute atomic E-state index is 0.0121. The van der Waals surface area contributed by atoms with Crippen LogP contribution in [0.3, 0.4) is 0 Å². The van der Waals surface area contributed by atoms with Gasteiger partial charge in [0.1, 0.15) is 46.4 Å². The van der Waals surface area contributed by atoms with Gasteiger partial charge in [0.15, 0.2) is 63.9 Å². The SMILES string of the molecule is COc1ccc(Nc2nc(-n3c(C)nc4cc(C#N)ccc43)nc(N)c2F)cc1.Cc1ccc(Nc2nc(-n3c(C)nc4cc(C#N)ccc43)nc(N)c2F)cc1.Cc1nc2cc(C#N)ccc2n1-c1nc(N)c(F)c(Nc2ccc(C(F)(F)F)cc2)n1.Cc1nc2cc(C#N)ccc2n1-c1nc(N)c(F)c(Nc2ccc(OC(F)F)cc2)n1.[C-]#[N+]c1ccc2nc(C)n(-c3nc(N)c(F)c(Nc4ccc(OC)cc4)n3)c2c1. The molecule has 10 aromatic heterocycles. The molecule has 48 heteroatoms. The maximum atomic E-state index is 14.6. The number of benzene rings is 10. The Bertz CT molecular complexity index is 8750. The molecular formula is C100H75F10N35O3. The Morgan fingerprint density at radius 3 is 0.818 bits per heavy atom. The number of nitrogens with one attached hydrogen (secondary N) is 5. The second-order valence-corrected chi connectivity index (χ2v) is 31.8. The molecule has 0 spiro atoms. The fraction of sp³-hybridized carbons (Fsp3) is 0.100. The van der Waals surface area contributed by atoms with E-state index >= 15 is 0 Å². The van der Waals surface area contributed by atoms with Crippen LogP contribution < -0.4 is 69.5 Å². The molecule has 0 aliphatic rings. The van der Waals surface area contributed by atoms with Crippen LogP contribution in [0.15, 0.2) is 212 Å². The summed E-state index contributed by atoms with van der Waals surface area (Å²) in [6.07, 6.45) is -4.48. The number of nitrogens with two attached hydrogens (primary N) is 5. The summed E-state index contributed by atoms with van der Waals surface area (Å²) in [5.41, 5.74) is 40.1. The van der Waals surface area contributed by atoms with Crippen molar-refractivity contribution in [3.05, 3.63) is 315 Å². The summed E-state index contributed by atoms with van der Waals surface area (Å²) in [7, 11) is 3.13. The minimum atomic E-state index is -4.48. The van der Waals surface area contributed by atoms with E-state index in [4.69, 9.17) is 65.8 Å². The Kier molecular flexibility index (Phi) is 28.6. The number of methoxy groups -OCH3 is 2. The first-order valence-corrected chi connectivity index (χ1v) is 43.5. The van der Waals surface area contributed by atoms with Crippen molar-refractivity contribution in [3.63, 3.8) is 0 Å². The number of rotatable bonds is 19. The largest absolute Gasteiger partial charge is 0.497 e.